The van der Waals surface area contributed by atoms with Crippen molar-refractivity contribution >= 4 is 22.0 Å². The maximum absolute atomic E-state index is 2.34. The van der Waals surface area contributed by atoms with Gasteiger partial charge in [-0.25, -0.2) is 0 Å². The predicted molar refractivity (Wildman–Crippen MR) is 58.7 cm³/mol. The van der Waals surface area contributed by atoms with E-state index in [9.17, 15) is 0 Å². The van der Waals surface area contributed by atoms with Crippen molar-refractivity contribution in [3.05, 3.63) is 23.8 Å². The molecular weight excluding hydrogens is 187 g/mol. The summed E-state index contributed by atoms with van der Waals surface area (Å²) in [5, 5.41) is 0. The second-order valence-corrected chi connectivity index (χ2v) is 3.42. The van der Waals surface area contributed by atoms with Crippen molar-refractivity contribution in [3.63, 3.8) is 0 Å². The zero-order valence-electron chi connectivity index (χ0n) is 7.97. The van der Waals surface area contributed by atoms with Gasteiger partial charge in [0.05, 0.1) is 22.0 Å². The van der Waals surface area contributed by atoms with E-state index in [4.69, 9.17) is 0 Å². The van der Waals surface area contributed by atoms with Crippen molar-refractivity contribution in [2.45, 2.75) is 19.7 Å². The van der Waals surface area contributed by atoms with Crippen LogP contribution in [0.4, 0.5) is 0 Å². The summed E-state index contributed by atoms with van der Waals surface area (Å²) in [6.07, 6.45) is 9.27. The van der Waals surface area contributed by atoms with Crippen molar-refractivity contribution in [2.24, 2.45) is 5.92 Å². The molecule has 0 aliphatic heterocycles. The molecular formula is C8H15B3Co. The fraction of sp³-hybridized carbons (Fsp3) is 0.500. The van der Waals surface area contributed by atoms with Gasteiger partial charge in [-0.2, -0.15) is 0 Å². The molecule has 1 radical (unpaired) electrons. The Morgan fingerprint density at radius 1 is 1.67 bits per heavy atom. The Balaban J connectivity index is 0.00000121. The summed E-state index contributed by atoms with van der Waals surface area (Å²) in [5.41, 5.74) is 1.62. The molecule has 1 atom stereocenters. The van der Waals surface area contributed by atoms with Crippen molar-refractivity contribution in [1.82, 2.24) is 0 Å². The number of rotatable bonds is 4. The summed E-state index contributed by atoms with van der Waals surface area (Å²) in [5.74, 6) is 0.810. The minimum Gasteiger partial charge on any atom is -0.0805 e. The third-order valence-corrected chi connectivity index (χ3v) is 2.42. The van der Waals surface area contributed by atoms with E-state index >= 15 is 0 Å². The molecule has 65 valence electrons. The smallest absolute Gasteiger partial charge is 0.0787 e. The van der Waals surface area contributed by atoms with E-state index in [-0.39, 0.29) is 16.8 Å². The van der Waals surface area contributed by atoms with E-state index < -0.39 is 0 Å². The Labute approximate surface area is 88.3 Å². The Hall–Kier alpha value is 0.181. The van der Waals surface area contributed by atoms with Gasteiger partial charge in [0.15, 0.2) is 0 Å². The molecule has 1 unspecified atom stereocenters. The topological polar surface area (TPSA) is 0 Å². The molecule has 0 bridgehead atoms. The van der Waals surface area contributed by atoms with Gasteiger partial charge in [0.1, 0.15) is 0 Å². The van der Waals surface area contributed by atoms with Crippen LogP contribution in [0.5, 0.6) is 0 Å². The maximum Gasteiger partial charge on any atom is 0.0787 e. The molecule has 12 heavy (non-hydrogen) atoms. The van der Waals surface area contributed by atoms with Gasteiger partial charge in [-0.1, -0.05) is 37.0 Å². The molecule has 0 aromatic carbocycles. The molecule has 4 heteroatoms. The SMILES string of the molecule is BBBCC(C)C1=CC=CC1.[Co]. The van der Waals surface area contributed by atoms with Crippen molar-refractivity contribution in [2.75, 3.05) is 0 Å². The van der Waals surface area contributed by atoms with Crippen LogP contribution in [0.15, 0.2) is 23.8 Å². The van der Waals surface area contributed by atoms with Gasteiger partial charge in [0, 0.05) is 16.8 Å². The van der Waals surface area contributed by atoms with Crippen LogP contribution >= 0.6 is 0 Å². The zero-order chi connectivity index (χ0) is 8.10. The van der Waals surface area contributed by atoms with E-state index in [0.717, 1.165) is 5.92 Å². The van der Waals surface area contributed by atoms with Gasteiger partial charge >= 0.3 is 0 Å². The molecule has 0 saturated carbocycles. The summed E-state index contributed by atoms with van der Waals surface area (Å²) in [6, 6.07) is 0. The second-order valence-electron chi connectivity index (χ2n) is 3.42. The molecule has 1 aliphatic rings. The molecule has 0 amide bonds. The van der Waals surface area contributed by atoms with Crippen LogP contribution in [0.3, 0.4) is 0 Å². The standard InChI is InChI=1S/C8H15B3.Co/c1-7(6-10-11-9)8-4-2-3-5-8;/h2-4,7,10-11H,5-6,9H2,1H3;. The Bertz CT molecular complexity index is 177. The number of allylic oxidation sites excluding steroid dienone is 4. The average Bonchev–Trinajstić information content (AvgIpc) is 2.52. The Morgan fingerprint density at radius 3 is 2.92 bits per heavy atom. The largest absolute Gasteiger partial charge is 0.0805 e. The summed E-state index contributed by atoms with van der Waals surface area (Å²) in [4.78, 5) is 0. The number of hydrogen-bond acceptors (Lipinski definition) is 0. The molecule has 0 aromatic rings. The van der Waals surface area contributed by atoms with Gasteiger partial charge in [-0.15, -0.1) is 0 Å². The average molecular weight is 203 g/mol. The quantitative estimate of drug-likeness (QED) is 0.574. The normalized spacial score (nSPS) is 16.2. The van der Waals surface area contributed by atoms with E-state index in [2.05, 4.69) is 32.9 Å². The van der Waals surface area contributed by atoms with Gasteiger partial charge in [-0.05, 0) is 12.3 Å². The Morgan fingerprint density at radius 2 is 2.42 bits per heavy atom. The summed E-state index contributed by atoms with van der Waals surface area (Å²) < 4.78 is 0. The van der Waals surface area contributed by atoms with Crippen molar-refractivity contribution in [3.8, 4) is 0 Å². The molecule has 0 saturated heterocycles. The van der Waals surface area contributed by atoms with Crippen LogP contribution in [-0.2, 0) is 16.8 Å². The van der Waals surface area contributed by atoms with Gasteiger partial charge in [0.25, 0.3) is 0 Å². The molecule has 0 nitrogen and oxygen atoms in total. The molecule has 0 aromatic heterocycles. The first kappa shape index (κ1) is 12.2. The first-order chi connectivity index (χ1) is 5.34. The van der Waals surface area contributed by atoms with Gasteiger partial charge in [-0.3, -0.25) is 0 Å². The van der Waals surface area contributed by atoms with E-state index in [1.807, 2.05) is 0 Å². The van der Waals surface area contributed by atoms with Crippen LogP contribution in [0, 0.1) is 5.92 Å². The third kappa shape index (κ3) is 3.72. The van der Waals surface area contributed by atoms with Gasteiger partial charge in [0.2, 0.25) is 0 Å². The molecule has 0 heterocycles. The monoisotopic (exact) mass is 203 g/mol. The molecule has 0 fully saturated rings. The predicted octanol–water partition coefficient (Wildman–Crippen LogP) is 0.261. The van der Waals surface area contributed by atoms with Crippen LogP contribution < -0.4 is 0 Å². The van der Waals surface area contributed by atoms with Crippen LogP contribution in [0.2, 0.25) is 6.32 Å². The van der Waals surface area contributed by atoms with Crippen molar-refractivity contribution in [1.29, 1.82) is 0 Å². The summed E-state index contributed by atoms with van der Waals surface area (Å²) in [7, 11) is 4.96. The minimum absolute atomic E-state index is 0. The van der Waals surface area contributed by atoms with Crippen LogP contribution in [0.25, 0.3) is 0 Å². The molecule has 1 aliphatic carbocycles. The fourth-order valence-corrected chi connectivity index (χ4v) is 1.52. The third-order valence-electron chi connectivity index (χ3n) is 2.42. The fourth-order valence-electron chi connectivity index (χ4n) is 1.52. The first-order valence-electron chi connectivity index (χ1n) is 4.70. The maximum atomic E-state index is 2.34. The van der Waals surface area contributed by atoms with E-state index in [0.29, 0.717) is 0 Å². The van der Waals surface area contributed by atoms with Crippen LogP contribution in [0.1, 0.15) is 13.3 Å². The summed E-state index contributed by atoms with van der Waals surface area (Å²) in [6.45, 7) is 2.34. The summed E-state index contributed by atoms with van der Waals surface area (Å²) >= 11 is 0. The van der Waals surface area contributed by atoms with Crippen LogP contribution in [-0.4, -0.2) is 22.0 Å². The minimum atomic E-state index is 0. The zero-order valence-corrected chi connectivity index (χ0v) is 9.01. The first-order valence-corrected chi connectivity index (χ1v) is 4.70. The molecule has 0 N–H and O–H groups in total. The molecule has 1 rings (SSSR count). The van der Waals surface area contributed by atoms with E-state index in [1.165, 1.54) is 27.0 Å². The second kappa shape index (κ2) is 6.67. The van der Waals surface area contributed by atoms with Crippen molar-refractivity contribution < 1.29 is 16.8 Å². The Kier molecular flexibility index (Phi) is 6.77. The number of hydrogen-bond donors (Lipinski definition) is 0. The van der Waals surface area contributed by atoms with E-state index in [1.54, 1.807) is 5.57 Å². The molecule has 0 spiro atoms. The van der Waals surface area contributed by atoms with Gasteiger partial charge < -0.3 is 0 Å².